The molecule has 204 valence electrons. The molecule has 5 aromatic rings. The number of pyridine rings is 1. The molecule has 13 heteroatoms. The third kappa shape index (κ3) is 4.68. The Bertz CT molecular complexity index is 1750. The van der Waals surface area contributed by atoms with Crippen LogP contribution in [0.5, 0.6) is 17.2 Å². The highest BCUT2D eigenvalue weighted by molar-refractivity contribution is 7.22. The highest BCUT2D eigenvalue weighted by Gasteiger charge is 2.29. The summed E-state index contributed by atoms with van der Waals surface area (Å²) < 4.78 is 50.7. The van der Waals surface area contributed by atoms with Gasteiger partial charge in [0.1, 0.15) is 21.3 Å². The summed E-state index contributed by atoms with van der Waals surface area (Å²) in [5, 5.41) is 1.01. The molecule has 10 nitrogen and oxygen atoms in total. The Morgan fingerprint density at radius 1 is 1.15 bits per heavy atom. The van der Waals surface area contributed by atoms with Crippen LogP contribution in [0.4, 0.5) is 19.3 Å². The van der Waals surface area contributed by atoms with Crippen LogP contribution in [-0.4, -0.2) is 53.1 Å². The number of methoxy groups -OCH3 is 1. The minimum atomic E-state index is -2.68. The quantitative estimate of drug-likeness (QED) is 0.256. The molecule has 4 heterocycles. The smallest absolute Gasteiger partial charge is 0.417 e. The zero-order valence-electron chi connectivity index (χ0n) is 21.4. The second-order valence-electron chi connectivity index (χ2n) is 8.87. The third-order valence-electron chi connectivity index (χ3n) is 6.26. The number of thiazole rings is 1. The van der Waals surface area contributed by atoms with Crippen molar-refractivity contribution in [3.63, 3.8) is 0 Å². The number of hydrogen-bond donors (Lipinski definition) is 0. The van der Waals surface area contributed by atoms with Gasteiger partial charge in [0.2, 0.25) is 0 Å². The average molecular weight is 566 g/mol. The normalized spacial score (nSPS) is 14.5. The fourth-order valence-corrected chi connectivity index (χ4v) is 5.26. The Morgan fingerprint density at radius 2 is 1.95 bits per heavy atom. The largest absolute Gasteiger partial charge is 0.495 e. The van der Waals surface area contributed by atoms with E-state index >= 15 is 0 Å². The number of nitrogens with zero attached hydrogens (tertiary/aromatic N) is 5. The van der Waals surface area contributed by atoms with Crippen LogP contribution in [0.25, 0.3) is 31.7 Å². The van der Waals surface area contributed by atoms with Gasteiger partial charge in [-0.2, -0.15) is 0 Å². The van der Waals surface area contributed by atoms with Gasteiger partial charge in [-0.1, -0.05) is 0 Å². The number of aromatic nitrogens is 4. The molecule has 3 aromatic heterocycles. The third-order valence-corrected chi connectivity index (χ3v) is 7.36. The van der Waals surface area contributed by atoms with Crippen molar-refractivity contribution in [1.29, 1.82) is 0 Å². The lowest BCUT2D eigenvalue weighted by atomic mass is 10.1. The van der Waals surface area contributed by atoms with Crippen LogP contribution in [-0.2, 0) is 4.74 Å². The summed E-state index contributed by atoms with van der Waals surface area (Å²) in [4.78, 5) is 31.2. The van der Waals surface area contributed by atoms with Gasteiger partial charge in [-0.3, -0.25) is 9.88 Å². The number of amides is 1. The van der Waals surface area contributed by atoms with Gasteiger partial charge in [-0.05, 0) is 37.3 Å². The van der Waals surface area contributed by atoms with Crippen LogP contribution in [0.2, 0.25) is 0 Å². The van der Waals surface area contributed by atoms with Gasteiger partial charge in [0.05, 0.1) is 42.4 Å². The number of aryl methyl sites for hydroxylation is 1. The molecular weight excluding hydrogens is 544 g/mol. The number of anilines is 1. The van der Waals surface area contributed by atoms with E-state index in [9.17, 15) is 13.6 Å². The molecule has 1 aliphatic heterocycles. The highest BCUT2D eigenvalue weighted by atomic mass is 32.1. The lowest BCUT2D eigenvalue weighted by Gasteiger charge is -2.27. The van der Waals surface area contributed by atoms with Crippen molar-refractivity contribution < 1.29 is 32.5 Å². The molecule has 1 atom stereocenters. The summed E-state index contributed by atoms with van der Waals surface area (Å²) in [5.41, 5.74) is 1.90. The van der Waals surface area contributed by atoms with Crippen LogP contribution in [0, 0.1) is 6.92 Å². The molecule has 2 aromatic carbocycles. The second kappa shape index (κ2) is 10.2. The zero-order valence-corrected chi connectivity index (χ0v) is 22.2. The van der Waals surface area contributed by atoms with Crippen molar-refractivity contribution in [1.82, 2.24) is 19.9 Å². The first kappa shape index (κ1) is 25.6. The van der Waals surface area contributed by atoms with E-state index in [0.29, 0.717) is 60.5 Å². The van der Waals surface area contributed by atoms with Crippen molar-refractivity contribution in [3.05, 3.63) is 60.3 Å². The molecule has 1 amide bonds. The van der Waals surface area contributed by atoms with E-state index in [0.717, 1.165) is 0 Å². The number of carbonyl (C=O) groups is 1. The Balaban J connectivity index is 1.29. The maximum Gasteiger partial charge on any atom is 0.417 e. The lowest BCUT2D eigenvalue weighted by Crippen LogP contribution is -2.38. The van der Waals surface area contributed by atoms with E-state index in [1.807, 2.05) is 0 Å². The molecule has 0 N–H and O–H groups in total. The van der Waals surface area contributed by atoms with Gasteiger partial charge in [0.15, 0.2) is 18.1 Å². The molecule has 6 rings (SSSR count). The maximum atomic E-state index is 13.7. The molecule has 0 bridgehead atoms. The highest BCUT2D eigenvalue weighted by Crippen LogP contribution is 2.45. The Hall–Kier alpha value is -4.65. The number of benzene rings is 2. The van der Waals surface area contributed by atoms with Crippen molar-refractivity contribution in [2.24, 2.45) is 0 Å². The first-order valence-electron chi connectivity index (χ1n) is 12.0. The summed E-state index contributed by atoms with van der Waals surface area (Å²) in [6, 6.07) is 7.85. The molecule has 0 spiro atoms. The van der Waals surface area contributed by atoms with Gasteiger partial charge in [-0.25, -0.2) is 28.5 Å². The molecule has 0 unspecified atom stereocenters. The molecular formula is C27H21F2N5O5S. The first-order valence-corrected chi connectivity index (χ1v) is 12.8. The Kier molecular flexibility index (Phi) is 6.50. The van der Waals surface area contributed by atoms with Gasteiger partial charge in [0.25, 0.3) is 12.7 Å². The Labute approximate surface area is 230 Å². The summed E-state index contributed by atoms with van der Waals surface area (Å²) in [6.45, 7) is 1.68. The van der Waals surface area contributed by atoms with Crippen LogP contribution in [0.1, 0.15) is 17.8 Å². The lowest BCUT2D eigenvalue weighted by molar-refractivity contribution is -0.0717. The van der Waals surface area contributed by atoms with E-state index in [4.69, 9.17) is 18.9 Å². The van der Waals surface area contributed by atoms with E-state index in [2.05, 4.69) is 19.9 Å². The SMILES string of the molecule is COc1cnc2c(-c3nc4ccc5c(c4s3)OC[C@@H](OC(=O)N(C)c3cnc(C)nc3)O5)cc(C(F)F)cc2c1. The number of carbonyl (C=O) groups excluding carboxylic acids is 1. The van der Waals surface area contributed by atoms with E-state index < -0.39 is 18.8 Å². The fourth-order valence-electron chi connectivity index (χ4n) is 4.19. The van der Waals surface area contributed by atoms with Crippen molar-refractivity contribution in [3.8, 4) is 27.8 Å². The number of alkyl halides is 2. The van der Waals surface area contributed by atoms with Crippen molar-refractivity contribution in [2.75, 3.05) is 25.7 Å². The molecule has 40 heavy (non-hydrogen) atoms. The van der Waals surface area contributed by atoms with E-state index in [1.54, 1.807) is 25.1 Å². The van der Waals surface area contributed by atoms with Gasteiger partial charge < -0.3 is 18.9 Å². The molecule has 0 fully saturated rings. The topological polar surface area (TPSA) is 109 Å². The number of hydrogen-bond acceptors (Lipinski definition) is 10. The average Bonchev–Trinajstić information content (AvgIpc) is 3.40. The van der Waals surface area contributed by atoms with Crippen LogP contribution >= 0.6 is 11.3 Å². The van der Waals surface area contributed by atoms with Crippen molar-refractivity contribution >= 4 is 44.2 Å². The van der Waals surface area contributed by atoms with Crippen molar-refractivity contribution in [2.45, 2.75) is 19.6 Å². The second-order valence-corrected chi connectivity index (χ2v) is 9.86. The predicted molar refractivity (Wildman–Crippen MR) is 143 cm³/mol. The standard InChI is InChI=1S/C27H21F2N5O5S/c1-13-30-9-16(10-31-13)34(2)27(35)39-21-12-37-23-20(38-21)5-4-19-24(23)40-26(33-19)18-8-15(25(28)29)6-14-7-17(36-3)11-32-22(14)18/h4-11,21,25H,12H2,1-3H3/t21-/m1/s1. The number of ether oxygens (including phenoxy) is 4. The van der Waals surface area contributed by atoms with Crippen LogP contribution in [0.3, 0.4) is 0 Å². The number of fused-ring (bicyclic) bond motifs is 4. The number of halogens is 2. The zero-order chi connectivity index (χ0) is 28.0. The van der Waals surface area contributed by atoms with Gasteiger partial charge in [0, 0.05) is 23.6 Å². The molecule has 0 saturated carbocycles. The van der Waals surface area contributed by atoms with Crippen LogP contribution in [0.15, 0.2) is 48.9 Å². The fraction of sp³-hybridized carbons (Fsp3) is 0.222. The maximum absolute atomic E-state index is 13.7. The van der Waals surface area contributed by atoms with Gasteiger partial charge in [-0.15, -0.1) is 11.3 Å². The summed E-state index contributed by atoms with van der Waals surface area (Å²) in [7, 11) is 3.02. The monoisotopic (exact) mass is 565 g/mol. The predicted octanol–water partition coefficient (Wildman–Crippen LogP) is 5.93. The molecule has 0 saturated heterocycles. The first-order chi connectivity index (χ1) is 19.3. The minimum absolute atomic E-state index is 0.0610. The summed E-state index contributed by atoms with van der Waals surface area (Å²) in [5.74, 6) is 1.83. The van der Waals surface area contributed by atoms with Crippen LogP contribution < -0.4 is 19.1 Å². The minimum Gasteiger partial charge on any atom is -0.495 e. The van der Waals surface area contributed by atoms with E-state index in [1.165, 1.54) is 61.1 Å². The molecule has 1 aliphatic rings. The number of rotatable bonds is 5. The Morgan fingerprint density at radius 3 is 2.70 bits per heavy atom. The summed E-state index contributed by atoms with van der Waals surface area (Å²) >= 11 is 1.27. The van der Waals surface area contributed by atoms with E-state index in [-0.39, 0.29) is 12.2 Å². The molecule has 0 aliphatic carbocycles. The molecule has 0 radical (unpaired) electrons. The summed E-state index contributed by atoms with van der Waals surface area (Å²) in [6.07, 6.45) is 0.226. The van der Waals surface area contributed by atoms with Gasteiger partial charge >= 0.3 is 6.09 Å².